The molecule has 0 saturated heterocycles. The maximum atomic E-state index is 11.6. The van der Waals surface area contributed by atoms with Crippen molar-refractivity contribution in [2.24, 2.45) is 5.73 Å². The van der Waals surface area contributed by atoms with E-state index in [4.69, 9.17) is 5.73 Å². The van der Waals surface area contributed by atoms with Gasteiger partial charge in [-0.05, 0) is 6.92 Å². The van der Waals surface area contributed by atoms with Crippen molar-refractivity contribution in [3.05, 3.63) is 16.1 Å². The molecule has 0 aliphatic rings. The highest BCUT2D eigenvalue weighted by atomic mass is 32.2. The Balaban J connectivity index is 2.67. The lowest BCUT2D eigenvalue weighted by molar-refractivity contribution is 0.463. The molecule has 1 aromatic heterocycles. The molecule has 86 valence electrons. The molecule has 0 aliphatic carbocycles. The summed E-state index contributed by atoms with van der Waals surface area (Å²) in [6.45, 7) is 2.35. The second kappa shape index (κ2) is 5.02. The number of rotatable bonds is 5. The van der Waals surface area contributed by atoms with E-state index >= 15 is 0 Å². The Hall–Kier alpha value is -0.500. The van der Waals surface area contributed by atoms with Gasteiger partial charge in [0.15, 0.2) is 0 Å². The second-order valence-electron chi connectivity index (χ2n) is 3.22. The largest absolute Gasteiger partial charge is 0.329 e. The molecule has 7 heteroatoms. The van der Waals surface area contributed by atoms with Gasteiger partial charge < -0.3 is 5.73 Å². The van der Waals surface area contributed by atoms with E-state index in [-0.39, 0.29) is 12.3 Å². The zero-order valence-corrected chi connectivity index (χ0v) is 10.4. The van der Waals surface area contributed by atoms with Gasteiger partial charge in [0, 0.05) is 19.0 Å². The van der Waals surface area contributed by atoms with Crippen molar-refractivity contribution in [2.45, 2.75) is 13.5 Å². The lowest BCUT2D eigenvalue weighted by atomic mass is 10.5. The smallest absolute Gasteiger partial charge is 0.215 e. The lowest BCUT2D eigenvalue weighted by Gasteiger charge is -2.14. The standard InChI is InChI=1S/C8H15N3O2S2/c1-7-10-8(6-14-7)5-11(2)15(12,13)4-3-9/h6H,3-5,9H2,1-2H3. The van der Waals surface area contributed by atoms with Crippen LogP contribution >= 0.6 is 11.3 Å². The monoisotopic (exact) mass is 249 g/mol. The number of aromatic nitrogens is 1. The van der Waals surface area contributed by atoms with Crippen molar-refractivity contribution < 1.29 is 8.42 Å². The maximum Gasteiger partial charge on any atom is 0.215 e. The van der Waals surface area contributed by atoms with Crippen LogP contribution in [0.2, 0.25) is 0 Å². The Morgan fingerprint density at radius 1 is 1.60 bits per heavy atom. The van der Waals surface area contributed by atoms with Crippen molar-refractivity contribution in [3.63, 3.8) is 0 Å². The van der Waals surface area contributed by atoms with Gasteiger partial charge >= 0.3 is 0 Å². The number of hydrogen-bond acceptors (Lipinski definition) is 5. The van der Waals surface area contributed by atoms with Gasteiger partial charge in [-0.1, -0.05) is 0 Å². The molecule has 15 heavy (non-hydrogen) atoms. The first kappa shape index (κ1) is 12.6. The third kappa shape index (κ3) is 3.53. The Bertz CT molecular complexity index is 413. The zero-order chi connectivity index (χ0) is 11.5. The first-order valence-corrected chi connectivity index (χ1v) is 6.99. The van der Waals surface area contributed by atoms with Crippen molar-refractivity contribution in [3.8, 4) is 0 Å². The van der Waals surface area contributed by atoms with Crippen LogP contribution < -0.4 is 5.73 Å². The fraction of sp³-hybridized carbons (Fsp3) is 0.625. The SMILES string of the molecule is Cc1nc(CN(C)S(=O)(=O)CCN)cs1. The Labute approximate surface area is 94.0 Å². The van der Waals surface area contributed by atoms with Gasteiger partial charge in [0.25, 0.3) is 0 Å². The van der Waals surface area contributed by atoms with Crippen molar-refractivity contribution in [2.75, 3.05) is 19.3 Å². The topological polar surface area (TPSA) is 76.3 Å². The minimum Gasteiger partial charge on any atom is -0.329 e. The van der Waals surface area contributed by atoms with Gasteiger partial charge in [-0.25, -0.2) is 13.4 Å². The summed E-state index contributed by atoms with van der Waals surface area (Å²) in [6, 6.07) is 0. The molecular formula is C8H15N3O2S2. The summed E-state index contributed by atoms with van der Waals surface area (Å²) in [7, 11) is -1.68. The van der Waals surface area contributed by atoms with E-state index in [9.17, 15) is 8.42 Å². The molecule has 0 fully saturated rings. The molecule has 1 aromatic rings. The quantitative estimate of drug-likeness (QED) is 0.807. The highest BCUT2D eigenvalue weighted by molar-refractivity contribution is 7.89. The summed E-state index contributed by atoms with van der Waals surface area (Å²) in [4.78, 5) is 4.21. The predicted molar refractivity (Wildman–Crippen MR) is 61.2 cm³/mol. The molecule has 0 amide bonds. The Morgan fingerprint density at radius 3 is 2.73 bits per heavy atom. The Kier molecular flexibility index (Phi) is 4.21. The minimum atomic E-state index is -3.23. The van der Waals surface area contributed by atoms with E-state index in [1.807, 2.05) is 12.3 Å². The van der Waals surface area contributed by atoms with E-state index in [2.05, 4.69) is 4.98 Å². The number of sulfonamides is 1. The van der Waals surface area contributed by atoms with Crippen LogP contribution in [0.25, 0.3) is 0 Å². The van der Waals surface area contributed by atoms with Gasteiger partial charge in [-0.15, -0.1) is 11.3 Å². The third-order valence-electron chi connectivity index (χ3n) is 1.90. The van der Waals surface area contributed by atoms with Gasteiger partial charge in [-0.3, -0.25) is 0 Å². The maximum absolute atomic E-state index is 11.6. The molecule has 5 nitrogen and oxygen atoms in total. The number of hydrogen-bond donors (Lipinski definition) is 1. The first-order chi connectivity index (χ1) is 6.95. The van der Waals surface area contributed by atoms with Crippen LogP contribution in [0.3, 0.4) is 0 Å². The summed E-state index contributed by atoms with van der Waals surface area (Å²) in [6.07, 6.45) is 0. The van der Waals surface area contributed by atoms with Crippen molar-refractivity contribution in [1.29, 1.82) is 0 Å². The van der Waals surface area contributed by atoms with E-state index in [1.165, 1.54) is 15.6 Å². The summed E-state index contributed by atoms with van der Waals surface area (Å²) in [5.74, 6) is -0.0212. The zero-order valence-electron chi connectivity index (χ0n) is 8.80. The van der Waals surface area contributed by atoms with Crippen LogP contribution in [-0.2, 0) is 16.6 Å². The van der Waals surface area contributed by atoms with Crippen molar-refractivity contribution >= 4 is 21.4 Å². The summed E-state index contributed by atoms with van der Waals surface area (Å²) in [5, 5.41) is 2.80. The number of nitrogens with zero attached hydrogens (tertiary/aromatic N) is 2. The van der Waals surface area contributed by atoms with Gasteiger partial charge in [0.05, 0.1) is 23.0 Å². The van der Waals surface area contributed by atoms with Crippen LogP contribution in [-0.4, -0.2) is 37.1 Å². The highest BCUT2D eigenvalue weighted by Crippen LogP contribution is 2.11. The predicted octanol–water partition coefficient (Wildman–Crippen LogP) is 0.172. The molecule has 0 bridgehead atoms. The number of aryl methyl sites for hydroxylation is 1. The molecule has 0 aliphatic heterocycles. The molecular weight excluding hydrogens is 234 g/mol. The summed E-state index contributed by atoms with van der Waals surface area (Å²) >= 11 is 1.51. The van der Waals surface area contributed by atoms with Crippen LogP contribution in [0, 0.1) is 6.92 Å². The molecule has 0 unspecified atom stereocenters. The lowest BCUT2D eigenvalue weighted by Crippen LogP contribution is -2.31. The molecule has 0 aromatic carbocycles. The molecule has 0 saturated carbocycles. The van der Waals surface area contributed by atoms with E-state index in [0.717, 1.165) is 10.7 Å². The van der Waals surface area contributed by atoms with E-state index in [0.29, 0.717) is 6.54 Å². The van der Waals surface area contributed by atoms with Crippen LogP contribution in [0.15, 0.2) is 5.38 Å². The van der Waals surface area contributed by atoms with E-state index in [1.54, 1.807) is 7.05 Å². The van der Waals surface area contributed by atoms with E-state index < -0.39 is 10.0 Å². The number of thiazole rings is 1. The highest BCUT2D eigenvalue weighted by Gasteiger charge is 2.17. The van der Waals surface area contributed by atoms with Gasteiger partial charge in [0.1, 0.15) is 0 Å². The molecule has 1 heterocycles. The second-order valence-corrected chi connectivity index (χ2v) is 6.48. The third-order valence-corrected chi connectivity index (χ3v) is 4.55. The molecule has 0 spiro atoms. The molecule has 0 atom stereocenters. The average Bonchev–Trinajstić information content (AvgIpc) is 2.51. The first-order valence-electron chi connectivity index (χ1n) is 4.51. The van der Waals surface area contributed by atoms with Crippen LogP contribution in [0.1, 0.15) is 10.7 Å². The average molecular weight is 249 g/mol. The minimum absolute atomic E-state index is 0.0212. The normalized spacial score (nSPS) is 12.3. The fourth-order valence-electron chi connectivity index (χ4n) is 1.11. The van der Waals surface area contributed by atoms with Gasteiger partial charge in [0.2, 0.25) is 10.0 Å². The van der Waals surface area contributed by atoms with Crippen LogP contribution in [0.4, 0.5) is 0 Å². The summed E-state index contributed by atoms with van der Waals surface area (Å²) < 4.78 is 24.4. The molecule has 0 radical (unpaired) electrons. The van der Waals surface area contributed by atoms with Crippen LogP contribution in [0.5, 0.6) is 0 Å². The summed E-state index contributed by atoms with van der Waals surface area (Å²) in [5.41, 5.74) is 6.01. The van der Waals surface area contributed by atoms with Gasteiger partial charge in [-0.2, -0.15) is 4.31 Å². The molecule has 1 rings (SSSR count). The molecule has 2 N–H and O–H groups in total. The Morgan fingerprint density at radius 2 is 2.27 bits per heavy atom. The van der Waals surface area contributed by atoms with Crippen molar-refractivity contribution in [1.82, 2.24) is 9.29 Å². The fourth-order valence-corrected chi connectivity index (χ4v) is 2.65. The number of nitrogens with two attached hydrogens (primary N) is 1.